The first-order valence-electron chi connectivity index (χ1n) is 9.51. The molecule has 0 saturated carbocycles. The minimum atomic E-state index is -0.940. The predicted molar refractivity (Wildman–Crippen MR) is 106 cm³/mol. The number of amides is 1. The van der Waals surface area contributed by atoms with Crippen molar-refractivity contribution < 1.29 is 23.8 Å². The van der Waals surface area contributed by atoms with Crippen LogP contribution in [-0.4, -0.2) is 54.2 Å². The van der Waals surface area contributed by atoms with Crippen LogP contribution < -0.4 is 15.0 Å². The molecule has 152 valence electrons. The number of hydrogen-bond donors (Lipinski definition) is 2. The van der Waals surface area contributed by atoms with Crippen LogP contribution in [0.1, 0.15) is 22.8 Å². The van der Waals surface area contributed by atoms with E-state index in [0.29, 0.717) is 23.5 Å². The zero-order chi connectivity index (χ0) is 20.5. The van der Waals surface area contributed by atoms with Crippen LogP contribution in [0.5, 0.6) is 5.75 Å². The molecule has 1 atom stereocenters. The van der Waals surface area contributed by atoms with Gasteiger partial charge in [-0.3, -0.25) is 9.69 Å². The predicted octanol–water partition coefficient (Wildman–Crippen LogP) is 2.57. The molecule has 2 aromatic carbocycles. The van der Waals surface area contributed by atoms with E-state index in [1.165, 1.54) is 6.07 Å². The summed E-state index contributed by atoms with van der Waals surface area (Å²) in [5.74, 6) is -1.17. The fourth-order valence-corrected chi connectivity index (χ4v) is 3.61. The zero-order valence-corrected chi connectivity index (χ0v) is 16.0. The molecule has 0 spiro atoms. The number of nitrogens with one attached hydrogen (secondary N) is 1. The van der Waals surface area contributed by atoms with E-state index < -0.39 is 12.1 Å². The Morgan fingerprint density at radius 1 is 1.21 bits per heavy atom. The number of ether oxygens (including phenoxy) is 1. The smallest absolute Gasteiger partial charge is 0.335 e. The van der Waals surface area contributed by atoms with E-state index in [1.54, 1.807) is 25.1 Å². The van der Waals surface area contributed by atoms with Gasteiger partial charge in [0.15, 0.2) is 6.10 Å². The largest absolute Gasteiger partial charge is 0.479 e. The molecular weight excluding hydrogens is 377 g/mol. The van der Waals surface area contributed by atoms with Crippen molar-refractivity contribution in [3.63, 3.8) is 0 Å². The molecule has 1 unspecified atom stereocenters. The van der Waals surface area contributed by atoms with E-state index in [9.17, 15) is 14.0 Å². The SMILES string of the molecule is CC1Oc2cc(F)c(CN3CCN(c4ccc(C(=O)O)cc4)CC3)cc2NC1=O. The van der Waals surface area contributed by atoms with Crippen molar-refractivity contribution in [2.45, 2.75) is 19.6 Å². The van der Waals surface area contributed by atoms with Gasteiger partial charge in [0.25, 0.3) is 5.91 Å². The molecule has 4 rings (SSSR count). The lowest BCUT2D eigenvalue weighted by molar-refractivity contribution is -0.122. The summed E-state index contributed by atoms with van der Waals surface area (Å²) in [6.07, 6.45) is -0.634. The van der Waals surface area contributed by atoms with Crippen molar-refractivity contribution in [2.75, 3.05) is 36.4 Å². The molecule has 29 heavy (non-hydrogen) atoms. The van der Waals surface area contributed by atoms with Gasteiger partial charge in [0.1, 0.15) is 11.6 Å². The lowest BCUT2D eigenvalue weighted by Gasteiger charge is -2.36. The molecule has 0 bridgehead atoms. The third-order valence-electron chi connectivity index (χ3n) is 5.33. The third kappa shape index (κ3) is 4.02. The van der Waals surface area contributed by atoms with Gasteiger partial charge >= 0.3 is 5.97 Å². The van der Waals surface area contributed by atoms with Crippen molar-refractivity contribution in [1.29, 1.82) is 0 Å². The van der Waals surface area contributed by atoms with E-state index in [1.807, 2.05) is 12.1 Å². The quantitative estimate of drug-likeness (QED) is 0.823. The first kappa shape index (κ1) is 19.2. The first-order valence-corrected chi connectivity index (χ1v) is 9.51. The number of halogens is 1. The van der Waals surface area contributed by atoms with Crippen LogP contribution >= 0.6 is 0 Å². The highest BCUT2D eigenvalue weighted by Crippen LogP contribution is 2.33. The third-order valence-corrected chi connectivity index (χ3v) is 5.33. The number of aromatic carboxylic acids is 1. The standard InChI is InChI=1S/C21H22FN3O4/c1-13-20(26)23-18-10-15(17(22)11-19(18)29-13)12-24-6-8-25(9-7-24)16-4-2-14(3-5-16)21(27)28/h2-5,10-11,13H,6-9,12H2,1H3,(H,23,26)(H,27,28). The second-order valence-electron chi connectivity index (χ2n) is 7.30. The van der Waals surface area contributed by atoms with Crippen LogP contribution in [-0.2, 0) is 11.3 Å². The molecule has 2 aromatic rings. The summed E-state index contributed by atoms with van der Waals surface area (Å²) in [7, 11) is 0. The average Bonchev–Trinajstić information content (AvgIpc) is 2.71. The number of benzene rings is 2. The number of rotatable bonds is 4. The molecule has 7 nitrogen and oxygen atoms in total. The molecule has 2 N–H and O–H groups in total. The van der Waals surface area contributed by atoms with E-state index in [2.05, 4.69) is 15.1 Å². The van der Waals surface area contributed by atoms with E-state index in [-0.39, 0.29) is 17.3 Å². The van der Waals surface area contributed by atoms with Gasteiger partial charge in [-0.15, -0.1) is 0 Å². The van der Waals surface area contributed by atoms with E-state index in [4.69, 9.17) is 9.84 Å². The molecule has 1 fully saturated rings. The summed E-state index contributed by atoms with van der Waals surface area (Å²) in [5, 5.41) is 11.8. The van der Waals surface area contributed by atoms with Crippen molar-refractivity contribution in [2.24, 2.45) is 0 Å². The highest BCUT2D eigenvalue weighted by Gasteiger charge is 2.26. The number of nitrogens with zero attached hydrogens (tertiary/aromatic N) is 2. The van der Waals surface area contributed by atoms with Crippen LogP contribution in [0.2, 0.25) is 0 Å². The van der Waals surface area contributed by atoms with Crippen LogP contribution in [0.4, 0.5) is 15.8 Å². The van der Waals surface area contributed by atoms with Crippen molar-refractivity contribution >= 4 is 23.3 Å². The second-order valence-corrected chi connectivity index (χ2v) is 7.30. The molecule has 2 aliphatic rings. The van der Waals surface area contributed by atoms with Crippen molar-refractivity contribution in [3.05, 3.63) is 53.3 Å². The van der Waals surface area contributed by atoms with Gasteiger partial charge in [0.05, 0.1) is 11.3 Å². The highest BCUT2D eigenvalue weighted by molar-refractivity contribution is 5.97. The van der Waals surface area contributed by atoms with E-state index in [0.717, 1.165) is 31.9 Å². The normalized spacial score (nSPS) is 19.3. The van der Waals surface area contributed by atoms with Gasteiger partial charge in [0.2, 0.25) is 0 Å². The second kappa shape index (κ2) is 7.71. The van der Waals surface area contributed by atoms with Crippen molar-refractivity contribution in [1.82, 2.24) is 4.90 Å². The van der Waals surface area contributed by atoms with Gasteiger partial charge < -0.3 is 20.1 Å². The topological polar surface area (TPSA) is 82.1 Å². The van der Waals surface area contributed by atoms with Crippen LogP contribution in [0, 0.1) is 5.82 Å². The molecule has 8 heteroatoms. The van der Waals surface area contributed by atoms with Crippen LogP contribution in [0.25, 0.3) is 0 Å². The Hall–Kier alpha value is -3.13. The maximum Gasteiger partial charge on any atom is 0.335 e. The summed E-state index contributed by atoms with van der Waals surface area (Å²) in [6, 6.07) is 9.80. The number of piperazine rings is 1. The fraction of sp³-hybridized carbons (Fsp3) is 0.333. The molecule has 1 amide bonds. The number of carboxylic acid groups (broad SMARTS) is 1. The van der Waals surface area contributed by atoms with Gasteiger partial charge in [-0.2, -0.15) is 0 Å². The zero-order valence-electron chi connectivity index (χ0n) is 16.0. The molecule has 0 radical (unpaired) electrons. The summed E-state index contributed by atoms with van der Waals surface area (Å²) in [4.78, 5) is 27.1. The van der Waals surface area contributed by atoms with E-state index >= 15 is 0 Å². The fourth-order valence-electron chi connectivity index (χ4n) is 3.61. The van der Waals surface area contributed by atoms with Gasteiger partial charge in [-0.05, 0) is 37.3 Å². The minimum Gasteiger partial charge on any atom is -0.479 e. The van der Waals surface area contributed by atoms with Gasteiger partial charge in [-0.25, -0.2) is 9.18 Å². The Kier molecular flexibility index (Phi) is 5.10. The maximum absolute atomic E-state index is 14.5. The van der Waals surface area contributed by atoms with Gasteiger partial charge in [0, 0.05) is 50.0 Å². The van der Waals surface area contributed by atoms with Crippen LogP contribution in [0.15, 0.2) is 36.4 Å². The molecule has 0 aliphatic carbocycles. The number of anilines is 2. The maximum atomic E-state index is 14.5. The van der Waals surface area contributed by atoms with Gasteiger partial charge in [-0.1, -0.05) is 0 Å². The Morgan fingerprint density at radius 2 is 1.90 bits per heavy atom. The number of hydrogen-bond acceptors (Lipinski definition) is 5. The summed E-state index contributed by atoms with van der Waals surface area (Å²) in [6.45, 7) is 5.08. The number of carbonyl (C=O) groups excluding carboxylic acids is 1. The average molecular weight is 399 g/mol. The molecular formula is C21H22FN3O4. The Labute approximate surface area is 167 Å². The lowest BCUT2D eigenvalue weighted by atomic mass is 10.1. The Morgan fingerprint density at radius 3 is 2.55 bits per heavy atom. The summed E-state index contributed by atoms with van der Waals surface area (Å²) < 4.78 is 20.0. The molecule has 1 saturated heterocycles. The monoisotopic (exact) mass is 399 g/mol. The summed E-state index contributed by atoms with van der Waals surface area (Å²) in [5.41, 5.74) is 2.26. The number of fused-ring (bicyclic) bond motifs is 1. The Balaban J connectivity index is 1.39. The lowest BCUT2D eigenvalue weighted by Crippen LogP contribution is -2.46. The molecule has 2 aliphatic heterocycles. The minimum absolute atomic E-state index is 0.238. The molecule has 2 heterocycles. The van der Waals surface area contributed by atoms with Crippen molar-refractivity contribution in [3.8, 4) is 5.75 Å². The highest BCUT2D eigenvalue weighted by atomic mass is 19.1. The Bertz CT molecular complexity index is 940. The summed E-state index contributed by atoms with van der Waals surface area (Å²) >= 11 is 0. The number of carboxylic acids is 1. The van der Waals surface area contributed by atoms with Crippen LogP contribution in [0.3, 0.4) is 0 Å². The molecule has 0 aromatic heterocycles. The first-order chi connectivity index (χ1) is 13.9. The number of carbonyl (C=O) groups is 2.